The summed E-state index contributed by atoms with van der Waals surface area (Å²) in [4.78, 5) is 23.3. The SMILES string of the molecule is Cc1ccc(Br)cc1NC(=O)CNC(=O)C1CNC1.Cl. The maximum absolute atomic E-state index is 11.8. The van der Waals surface area contributed by atoms with Crippen LogP contribution in [-0.2, 0) is 9.59 Å². The van der Waals surface area contributed by atoms with E-state index in [2.05, 4.69) is 31.9 Å². The lowest BCUT2D eigenvalue weighted by atomic mass is 10.0. The first-order chi connectivity index (χ1) is 9.06. The Morgan fingerprint density at radius 1 is 1.40 bits per heavy atom. The summed E-state index contributed by atoms with van der Waals surface area (Å²) in [6, 6.07) is 5.67. The molecule has 20 heavy (non-hydrogen) atoms. The number of benzene rings is 1. The van der Waals surface area contributed by atoms with Gasteiger partial charge in [-0.1, -0.05) is 22.0 Å². The molecule has 1 aliphatic rings. The van der Waals surface area contributed by atoms with Gasteiger partial charge in [0.25, 0.3) is 0 Å². The molecule has 1 aromatic carbocycles. The first-order valence-corrected chi connectivity index (χ1v) is 6.90. The molecular formula is C13H17BrClN3O2. The Labute approximate surface area is 132 Å². The molecule has 1 heterocycles. The number of anilines is 1. The fourth-order valence-electron chi connectivity index (χ4n) is 1.71. The van der Waals surface area contributed by atoms with Crippen LogP contribution in [0.5, 0.6) is 0 Å². The largest absolute Gasteiger partial charge is 0.347 e. The van der Waals surface area contributed by atoms with Gasteiger partial charge in [0, 0.05) is 23.2 Å². The summed E-state index contributed by atoms with van der Waals surface area (Å²) >= 11 is 3.36. The van der Waals surface area contributed by atoms with Crippen LogP contribution in [0.15, 0.2) is 22.7 Å². The second kappa shape index (κ2) is 7.61. The van der Waals surface area contributed by atoms with Gasteiger partial charge in [0.2, 0.25) is 11.8 Å². The number of amides is 2. The highest BCUT2D eigenvalue weighted by molar-refractivity contribution is 9.10. The van der Waals surface area contributed by atoms with Crippen molar-refractivity contribution in [2.24, 2.45) is 5.92 Å². The summed E-state index contributed by atoms with van der Waals surface area (Å²) in [6.07, 6.45) is 0. The van der Waals surface area contributed by atoms with Crippen LogP contribution in [0.2, 0.25) is 0 Å². The van der Waals surface area contributed by atoms with E-state index in [0.29, 0.717) is 13.1 Å². The fraction of sp³-hybridized carbons (Fsp3) is 0.385. The third-order valence-electron chi connectivity index (χ3n) is 3.05. The third kappa shape index (κ3) is 4.47. The lowest BCUT2D eigenvalue weighted by Crippen LogP contribution is -2.51. The lowest BCUT2D eigenvalue weighted by Gasteiger charge is -2.25. The Balaban J connectivity index is 0.00000200. The standard InChI is InChI=1S/C13H16BrN3O2.ClH/c1-8-2-3-10(14)4-11(8)17-12(18)7-16-13(19)9-5-15-6-9;/h2-4,9,15H,5-7H2,1H3,(H,16,19)(H,17,18);1H. The van der Waals surface area contributed by atoms with Gasteiger partial charge in [-0.25, -0.2) is 0 Å². The van der Waals surface area contributed by atoms with E-state index >= 15 is 0 Å². The van der Waals surface area contributed by atoms with Crippen molar-refractivity contribution in [2.45, 2.75) is 6.92 Å². The Morgan fingerprint density at radius 2 is 2.10 bits per heavy atom. The van der Waals surface area contributed by atoms with Crippen molar-refractivity contribution in [2.75, 3.05) is 25.0 Å². The van der Waals surface area contributed by atoms with Crippen LogP contribution >= 0.6 is 28.3 Å². The molecule has 0 saturated carbocycles. The zero-order valence-corrected chi connectivity index (χ0v) is 13.4. The monoisotopic (exact) mass is 361 g/mol. The highest BCUT2D eigenvalue weighted by atomic mass is 79.9. The molecule has 5 nitrogen and oxygen atoms in total. The van der Waals surface area contributed by atoms with Gasteiger partial charge in [-0.15, -0.1) is 12.4 Å². The summed E-state index contributed by atoms with van der Waals surface area (Å²) in [7, 11) is 0. The molecule has 0 radical (unpaired) electrons. The van der Waals surface area contributed by atoms with Crippen molar-refractivity contribution >= 4 is 45.8 Å². The van der Waals surface area contributed by atoms with Crippen molar-refractivity contribution in [1.82, 2.24) is 10.6 Å². The third-order valence-corrected chi connectivity index (χ3v) is 3.54. The number of carbonyl (C=O) groups excluding carboxylic acids is 2. The average Bonchev–Trinajstić information content (AvgIpc) is 2.29. The number of hydrogen-bond acceptors (Lipinski definition) is 3. The summed E-state index contributed by atoms with van der Waals surface area (Å²) in [5, 5.41) is 8.43. The lowest BCUT2D eigenvalue weighted by molar-refractivity contribution is -0.128. The van der Waals surface area contributed by atoms with Gasteiger partial charge < -0.3 is 16.0 Å². The molecule has 0 aromatic heterocycles. The highest BCUT2D eigenvalue weighted by Gasteiger charge is 2.24. The quantitative estimate of drug-likeness (QED) is 0.759. The maximum Gasteiger partial charge on any atom is 0.243 e. The van der Waals surface area contributed by atoms with E-state index in [-0.39, 0.29) is 36.7 Å². The van der Waals surface area contributed by atoms with E-state index in [4.69, 9.17) is 0 Å². The Bertz CT molecular complexity index is 506. The first-order valence-electron chi connectivity index (χ1n) is 6.10. The predicted octanol–water partition coefficient (Wildman–Crippen LogP) is 1.45. The summed E-state index contributed by atoms with van der Waals surface area (Å²) in [5.41, 5.74) is 1.73. The van der Waals surface area contributed by atoms with Crippen molar-refractivity contribution in [1.29, 1.82) is 0 Å². The zero-order chi connectivity index (χ0) is 13.8. The molecule has 0 bridgehead atoms. The molecule has 2 amide bonds. The molecule has 3 N–H and O–H groups in total. The molecule has 0 atom stereocenters. The number of hydrogen-bond donors (Lipinski definition) is 3. The zero-order valence-electron chi connectivity index (χ0n) is 11.0. The average molecular weight is 363 g/mol. The van der Waals surface area contributed by atoms with Crippen molar-refractivity contribution in [3.63, 3.8) is 0 Å². The fourth-order valence-corrected chi connectivity index (χ4v) is 2.07. The van der Waals surface area contributed by atoms with Gasteiger partial charge in [0.15, 0.2) is 0 Å². The Morgan fingerprint density at radius 3 is 2.70 bits per heavy atom. The van der Waals surface area contributed by atoms with E-state index in [9.17, 15) is 9.59 Å². The molecule has 2 rings (SSSR count). The second-order valence-electron chi connectivity index (χ2n) is 4.58. The minimum atomic E-state index is -0.221. The van der Waals surface area contributed by atoms with Gasteiger partial charge in [-0.05, 0) is 24.6 Å². The van der Waals surface area contributed by atoms with Crippen LogP contribution in [0.25, 0.3) is 0 Å². The number of halogens is 2. The van der Waals surface area contributed by atoms with Gasteiger partial charge in [0.05, 0.1) is 12.5 Å². The molecule has 0 spiro atoms. The van der Waals surface area contributed by atoms with Crippen LogP contribution < -0.4 is 16.0 Å². The van der Waals surface area contributed by atoms with Gasteiger partial charge >= 0.3 is 0 Å². The summed E-state index contributed by atoms with van der Waals surface area (Å²) < 4.78 is 0.901. The van der Waals surface area contributed by atoms with E-state index in [1.807, 2.05) is 25.1 Å². The van der Waals surface area contributed by atoms with Crippen molar-refractivity contribution in [3.05, 3.63) is 28.2 Å². The van der Waals surface area contributed by atoms with Crippen molar-refractivity contribution in [3.8, 4) is 0 Å². The summed E-state index contributed by atoms with van der Waals surface area (Å²) in [6.45, 7) is 3.30. The molecule has 0 unspecified atom stereocenters. The smallest absolute Gasteiger partial charge is 0.243 e. The van der Waals surface area contributed by atoms with Crippen LogP contribution in [-0.4, -0.2) is 31.4 Å². The minimum absolute atomic E-state index is 0. The maximum atomic E-state index is 11.8. The normalized spacial score (nSPS) is 13.9. The van der Waals surface area contributed by atoms with Crippen LogP contribution in [0.4, 0.5) is 5.69 Å². The van der Waals surface area contributed by atoms with Gasteiger partial charge in [0.1, 0.15) is 0 Å². The van der Waals surface area contributed by atoms with Crippen LogP contribution in [0.1, 0.15) is 5.56 Å². The van der Waals surface area contributed by atoms with Crippen LogP contribution in [0.3, 0.4) is 0 Å². The first kappa shape index (κ1) is 16.9. The number of rotatable bonds is 4. The number of nitrogens with one attached hydrogen (secondary N) is 3. The van der Waals surface area contributed by atoms with E-state index in [0.717, 1.165) is 15.7 Å². The van der Waals surface area contributed by atoms with E-state index in [1.165, 1.54) is 0 Å². The molecule has 0 aliphatic carbocycles. The highest BCUT2D eigenvalue weighted by Crippen LogP contribution is 2.20. The molecule has 7 heteroatoms. The second-order valence-corrected chi connectivity index (χ2v) is 5.50. The number of aryl methyl sites for hydroxylation is 1. The van der Waals surface area contributed by atoms with Crippen LogP contribution in [0, 0.1) is 12.8 Å². The van der Waals surface area contributed by atoms with Gasteiger partial charge in [-0.3, -0.25) is 9.59 Å². The van der Waals surface area contributed by atoms with Gasteiger partial charge in [-0.2, -0.15) is 0 Å². The number of carbonyl (C=O) groups is 2. The molecule has 1 fully saturated rings. The summed E-state index contributed by atoms with van der Waals surface area (Å²) in [5.74, 6) is -0.290. The Kier molecular flexibility index (Phi) is 6.45. The molecule has 1 aliphatic heterocycles. The molecule has 1 saturated heterocycles. The predicted molar refractivity (Wildman–Crippen MR) is 84.1 cm³/mol. The minimum Gasteiger partial charge on any atom is -0.347 e. The van der Waals surface area contributed by atoms with Crippen molar-refractivity contribution < 1.29 is 9.59 Å². The Hall–Kier alpha value is -1.11. The topological polar surface area (TPSA) is 70.2 Å². The molecular weight excluding hydrogens is 346 g/mol. The van der Waals surface area contributed by atoms with E-state index < -0.39 is 0 Å². The van der Waals surface area contributed by atoms with E-state index in [1.54, 1.807) is 0 Å². The molecule has 110 valence electrons. The molecule has 1 aromatic rings.